The lowest BCUT2D eigenvalue weighted by molar-refractivity contribution is -0.118. The van der Waals surface area contributed by atoms with Crippen molar-refractivity contribution in [2.45, 2.75) is 31.5 Å². The van der Waals surface area contributed by atoms with Crippen molar-refractivity contribution in [3.05, 3.63) is 71.8 Å². The van der Waals surface area contributed by atoms with Gasteiger partial charge in [-0.3, -0.25) is 4.79 Å². The molecule has 0 bridgehead atoms. The van der Waals surface area contributed by atoms with Gasteiger partial charge in [0.2, 0.25) is 5.91 Å². The Hall–Kier alpha value is -3.13. The van der Waals surface area contributed by atoms with Crippen molar-refractivity contribution in [1.82, 2.24) is 30.0 Å². The van der Waals surface area contributed by atoms with E-state index in [-0.39, 0.29) is 5.91 Å². The summed E-state index contributed by atoms with van der Waals surface area (Å²) in [6, 6.07) is 18.1. The molecule has 0 unspecified atom stereocenters. The second-order valence-corrected chi connectivity index (χ2v) is 7.99. The smallest absolute Gasteiger partial charge is 0.230 e. The molecule has 4 rings (SSSR count). The SMILES string of the molecule is Cc1nnc(SCC(=O)NCCCc2nc3ccccc3[nH]2)n1Cc1ccccc1. The molecule has 0 saturated heterocycles. The van der Waals surface area contributed by atoms with Crippen LogP contribution >= 0.6 is 11.8 Å². The van der Waals surface area contributed by atoms with Gasteiger partial charge in [0.1, 0.15) is 11.6 Å². The monoisotopic (exact) mass is 420 g/mol. The van der Waals surface area contributed by atoms with Gasteiger partial charge in [0.15, 0.2) is 5.16 Å². The molecule has 0 fully saturated rings. The molecule has 0 aliphatic heterocycles. The number of aromatic amines is 1. The number of imidazole rings is 1. The summed E-state index contributed by atoms with van der Waals surface area (Å²) < 4.78 is 2.04. The lowest BCUT2D eigenvalue weighted by Crippen LogP contribution is -2.26. The van der Waals surface area contributed by atoms with E-state index in [2.05, 4.69) is 37.6 Å². The molecule has 0 spiro atoms. The second kappa shape index (κ2) is 9.58. The Morgan fingerprint density at radius 3 is 2.73 bits per heavy atom. The largest absolute Gasteiger partial charge is 0.355 e. The fourth-order valence-corrected chi connectivity index (χ4v) is 4.02. The van der Waals surface area contributed by atoms with Gasteiger partial charge in [-0.25, -0.2) is 4.98 Å². The molecule has 4 aromatic rings. The zero-order valence-corrected chi connectivity index (χ0v) is 17.7. The van der Waals surface area contributed by atoms with Crippen LogP contribution in [0.5, 0.6) is 0 Å². The molecule has 0 radical (unpaired) electrons. The van der Waals surface area contributed by atoms with Gasteiger partial charge in [-0.1, -0.05) is 54.2 Å². The normalized spacial score (nSPS) is 11.1. The first kappa shape index (κ1) is 20.2. The van der Waals surface area contributed by atoms with Crippen molar-refractivity contribution in [2.75, 3.05) is 12.3 Å². The average molecular weight is 421 g/mol. The number of aryl methyl sites for hydroxylation is 2. The molecule has 0 saturated carbocycles. The average Bonchev–Trinajstić information content (AvgIpc) is 3.34. The molecular formula is C22H24N6OS. The summed E-state index contributed by atoms with van der Waals surface area (Å²) in [6.07, 6.45) is 1.63. The zero-order chi connectivity index (χ0) is 20.8. The molecule has 0 atom stereocenters. The van der Waals surface area contributed by atoms with Crippen LogP contribution in [-0.2, 0) is 17.8 Å². The van der Waals surface area contributed by atoms with E-state index in [1.165, 1.54) is 17.3 Å². The summed E-state index contributed by atoms with van der Waals surface area (Å²) in [7, 11) is 0. The van der Waals surface area contributed by atoms with Crippen molar-refractivity contribution in [3.63, 3.8) is 0 Å². The first-order chi connectivity index (χ1) is 14.7. The fraction of sp³-hybridized carbons (Fsp3) is 0.273. The van der Waals surface area contributed by atoms with Gasteiger partial charge in [-0.05, 0) is 31.0 Å². The predicted octanol–water partition coefficient (Wildman–Crippen LogP) is 3.35. The topological polar surface area (TPSA) is 88.5 Å². The Balaban J connectivity index is 1.22. The number of hydrogen-bond acceptors (Lipinski definition) is 5. The van der Waals surface area contributed by atoms with Crippen molar-refractivity contribution < 1.29 is 4.79 Å². The van der Waals surface area contributed by atoms with Gasteiger partial charge < -0.3 is 14.9 Å². The van der Waals surface area contributed by atoms with E-state index < -0.39 is 0 Å². The van der Waals surface area contributed by atoms with Gasteiger partial charge >= 0.3 is 0 Å². The number of amides is 1. The van der Waals surface area contributed by atoms with Crippen LogP contribution in [-0.4, -0.2) is 42.9 Å². The standard InChI is InChI=1S/C22H24N6OS/c1-16-26-27-22(28(16)14-17-8-3-2-4-9-17)30-15-21(29)23-13-7-12-20-24-18-10-5-6-11-19(18)25-20/h2-6,8-11H,7,12-15H2,1H3,(H,23,29)(H,24,25). The Bertz CT molecular complexity index is 1090. The van der Waals surface area contributed by atoms with Gasteiger partial charge in [-0.15, -0.1) is 10.2 Å². The third-order valence-electron chi connectivity index (χ3n) is 4.77. The number of aromatic nitrogens is 5. The minimum atomic E-state index is -0.00322. The fourth-order valence-electron chi connectivity index (χ4n) is 3.21. The Morgan fingerprint density at radius 2 is 1.90 bits per heavy atom. The molecule has 2 aromatic carbocycles. The third kappa shape index (κ3) is 5.07. The van der Waals surface area contributed by atoms with Gasteiger partial charge in [0.05, 0.1) is 23.3 Å². The molecule has 8 heteroatoms. The molecule has 1 amide bonds. The third-order valence-corrected chi connectivity index (χ3v) is 5.74. The number of carbonyl (C=O) groups excluding carboxylic acids is 1. The van der Waals surface area contributed by atoms with Crippen LogP contribution < -0.4 is 5.32 Å². The number of thioether (sulfide) groups is 1. The number of hydrogen-bond donors (Lipinski definition) is 2. The lowest BCUT2D eigenvalue weighted by atomic mass is 10.2. The van der Waals surface area contributed by atoms with Crippen LogP contribution in [0.3, 0.4) is 0 Å². The van der Waals surface area contributed by atoms with E-state index in [4.69, 9.17) is 0 Å². The highest BCUT2D eigenvalue weighted by atomic mass is 32.2. The quantitative estimate of drug-likeness (QED) is 0.320. The number of benzene rings is 2. The molecule has 0 aliphatic rings. The van der Waals surface area contributed by atoms with Crippen LogP contribution in [0.2, 0.25) is 0 Å². The number of fused-ring (bicyclic) bond motifs is 1. The lowest BCUT2D eigenvalue weighted by Gasteiger charge is -2.08. The van der Waals surface area contributed by atoms with Gasteiger partial charge in [0.25, 0.3) is 0 Å². The van der Waals surface area contributed by atoms with Crippen LogP contribution in [0, 0.1) is 6.92 Å². The van der Waals surface area contributed by atoms with E-state index >= 15 is 0 Å². The maximum absolute atomic E-state index is 12.2. The molecule has 2 aromatic heterocycles. The van der Waals surface area contributed by atoms with E-state index in [9.17, 15) is 4.79 Å². The number of rotatable bonds is 9. The minimum absolute atomic E-state index is 0.00322. The first-order valence-corrected chi connectivity index (χ1v) is 10.9. The van der Waals surface area contributed by atoms with Crippen LogP contribution in [0.4, 0.5) is 0 Å². The summed E-state index contributed by atoms with van der Waals surface area (Å²) in [5.41, 5.74) is 3.20. The molecule has 30 heavy (non-hydrogen) atoms. The van der Waals surface area contributed by atoms with Crippen LogP contribution in [0.1, 0.15) is 23.6 Å². The van der Waals surface area contributed by atoms with Gasteiger partial charge in [0, 0.05) is 13.0 Å². The highest BCUT2D eigenvalue weighted by Crippen LogP contribution is 2.18. The van der Waals surface area contributed by atoms with E-state index in [1.54, 1.807) is 0 Å². The van der Waals surface area contributed by atoms with Crippen molar-refractivity contribution in [1.29, 1.82) is 0 Å². The Kier molecular flexibility index (Phi) is 6.44. The Labute approximate surface area is 179 Å². The highest BCUT2D eigenvalue weighted by molar-refractivity contribution is 7.99. The summed E-state index contributed by atoms with van der Waals surface area (Å²) >= 11 is 1.41. The zero-order valence-electron chi connectivity index (χ0n) is 16.8. The molecule has 0 aliphatic carbocycles. The van der Waals surface area contributed by atoms with Crippen molar-refractivity contribution >= 4 is 28.7 Å². The molecule has 2 N–H and O–H groups in total. The summed E-state index contributed by atoms with van der Waals surface area (Å²) in [5.74, 6) is 2.10. The van der Waals surface area contributed by atoms with Crippen LogP contribution in [0.25, 0.3) is 11.0 Å². The predicted molar refractivity (Wildman–Crippen MR) is 118 cm³/mol. The molecular weight excluding hydrogens is 396 g/mol. The van der Waals surface area contributed by atoms with E-state index in [1.807, 2.05) is 54.0 Å². The van der Waals surface area contributed by atoms with Crippen molar-refractivity contribution in [3.8, 4) is 0 Å². The highest BCUT2D eigenvalue weighted by Gasteiger charge is 2.12. The van der Waals surface area contributed by atoms with Crippen molar-refractivity contribution in [2.24, 2.45) is 0 Å². The number of para-hydroxylation sites is 2. The molecule has 2 heterocycles. The van der Waals surface area contributed by atoms with E-state index in [0.717, 1.165) is 40.7 Å². The summed E-state index contributed by atoms with van der Waals surface area (Å²) in [6.45, 7) is 3.24. The maximum atomic E-state index is 12.2. The minimum Gasteiger partial charge on any atom is -0.355 e. The number of nitrogens with zero attached hydrogens (tertiary/aromatic N) is 4. The molecule has 154 valence electrons. The number of H-pyrrole nitrogens is 1. The number of carbonyl (C=O) groups is 1. The number of nitrogens with one attached hydrogen (secondary N) is 2. The first-order valence-electron chi connectivity index (χ1n) is 9.96. The summed E-state index contributed by atoms with van der Waals surface area (Å²) in [4.78, 5) is 20.1. The van der Waals surface area contributed by atoms with E-state index in [0.29, 0.717) is 18.8 Å². The second-order valence-electron chi connectivity index (χ2n) is 7.04. The molecule has 7 nitrogen and oxygen atoms in total. The summed E-state index contributed by atoms with van der Waals surface area (Å²) in [5, 5.41) is 12.1. The van der Waals surface area contributed by atoms with Crippen LogP contribution in [0.15, 0.2) is 59.8 Å². The van der Waals surface area contributed by atoms with Gasteiger partial charge in [-0.2, -0.15) is 0 Å². The maximum Gasteiger partial charge on any atom is 0.230 e. The Morgan fingerprint density at radius 1 is 1.10 bits per heavy atom.